The number of alkyl halides is 3. The van der Waals surface area contributed by atoms with E-state index in [1.54, 1.807) is 12.1 Å². The van der Waals surface area contributed by atoms with Crippen molar-refractivity contribution in [3.63, 3.8) is 0 Å². The topological polar surface area (TPSA) is 68.3 Å². The Morgan fingerprint density at radius 3 is 2.47 bits per heavy atom. The number of ether oxygens (including phenoxy) is 2. The normalized spacial score (nSPS) is 18.1. The molecule has 0 radical (unpaired) electrons. The Morgan fingerprint density at radius 2 is 1.78 bits per heavy atom. The first kappa shape index (κ1) is 21.8. The Labute approximate surface area is 177 Å². The standard InChI is InChI=1S/C22H14F6N2O2/c23-15-7-17(25)16(24)4-14(15)21-18(30)5-13-12-6-20(31-9-22(26,27)28)11(8-29)3-10(12)1-2-19(13)32-21/h1-4,6-7,18,21H,5,9,30H2. The fourth-order valence-electron chi connectivity index (χ4n) is 3.70. The quantitative estimate of drug-likeness (QED) is 0.445. The SMILES string of the molecule is N#Cc1cc2ccc3c(c2cc1OCC(F)(F)F)CC(N)C(c1cc(F)c(F)cc1F)O3. The lowest BCUT2D eigenvalue weighted by Crippen LogP contribution is -2.38. The van der Waals surface area contributed by atoms with Gasteiger partial charge in [-0.25, -0.2) is 13.2 Å². The van der Waals surface area contributed by atoms with E-state index in [4.69, 9.17) is 15.2 Å². The van der Waals surface area contributed by atoms with Crippen molar-refractivity contribution in [3.05, 3.63) is 70.5 Å². The second-order valence-electron chi connectivity index (χ2n) is 7.32. The first-order valence-corrected chi connectivity index (χ1v) is 9.33. The van der Waals surface area contributed by atoms with Crippen molar-refractivity contribution in [1.29, 1.82) is 5.26 Å². The molecule has 0 amide bonds. The molecule has 0 spiro atoms. The molecule has 32 heavy (non-hydrogen) atoms. The minimum atomic E-state index is -4.59. The van der Waals surface area contributed by atoms with Crippen LogP contribution in [0.1, 0.15) is 22.8 Å². The number of fused-ring (bicyclic) bond motifs is 3. The summed E-state index contributed by atoms with van der Waals surface area (Å²) in [5, 5.41) is 10.2. The van der Waals surface area contributed by atoms with Gasteiger partial charge in [0.15, 0.2) is 18.2 Å². The molecule has 2 unspecified atom stereocenters. The zero-order valence-corrected chi connectivity index (χ0v) is 16.1. The van der Waals surface area contributed by atoms with Gasteiger partial charge in [-0.1, -0.05) is 6.07 Å². The summed E-state index contributed by atoms with van der Waals surface area (Å²) in [6.45, 7) is -1.57. The minimum absolute atomic E-state index is 0.0792. The number of nitriles is 1. The van der Waals surface area contributed by atoms with Gasteiger partial charge < -0.3 is 15.2 Å². The molecule has 3 aromatic carbocycles. The first-order valence-electron chi connectivity index (χ1n) is 9.33. The van der Waals surface area contributed by atoms with Gasteiger partial charge in [0.1, 0.15) is 29.5 Å². The molecule has 0 fully saturated rings. The number of halogens is 6. The van der Waals surface area contributed by atoms with Crippen LogP contribution in [0.4, 0.5) is 26.3 Å². The van der Waals surface area contributed by atoms with E-state index >= 15 is 0 Å². The molecule has 2 atom stereocenters. The molecule has 0 aromatic heterocycles. The van der Waals surface area contributed by atoms with Crippen molar-refractivity contribution in [2.75, 3.05) is 6.61 Å². The highest BCUT2D eigenvalue weighted by Gasteiger charge is 2.33. The summed E-state index contributed by atoms with van der Waals surface area (Å²) in [5.41, 5.74) is 6.32. The molecule has 1 aliphatic heterocycles. The van der Waals surface area contributed by atoms with Crippen LogP contribution in [0.2, 0.25) is 0 Å². The second-order valence-corrected chi connectivity index (χ2v) is 7.32. The highest BCUT2D eigenvalue weighted by molar-refractivity contribution is 5.91. The number of hydrogen-bond donors (Lipinski definition) is 1. The van der Waals surface area contributed by atoms with E-state index in [-0.39, 0.29) is 29.0 Å². The van der Waals surface area contributed by atoms with Crippen LogP contribution in [0, 0.1) is 28.8 Å². The third kappa shape index (κ3) is 4.03. The van der Waals surface area contributed by atoms with Crippen LogP contribution in [0.25, 0.3) is 10.8 Å². The number of nitrogens with two attached hydrogens (primary N) is 1. The monoisotopic (exact) mass is 452 g/mol. The average Bonchev–Trinajstić information content (AvgIpc) is 2.73. The van der Waals surface area contributed by atoms with Crippen molar-refractivity contribution in [3.8, 4) is 17.6 Å². The van der Waals surface area contributed by atoms with Gasteiger partial charge in [-0.3, -0.25) is 0 Å². The molecule has 0 bridgehead atoms. The third-order valence-electron chi connectivity index (χ3n) is 5.13. The Hall–Kier alpha value is -3.45. The number of rotatable bonds is 3. The van der Waals surface area contributed by atoms with Crippen molar-refractivity contribution < 1.29 is 35.8 Å². The second kappa shape index (κ2) is 7.91. The number of benzene rings is 3. The molecular formula is C22H14F6N2O2. The lowest BCUT2D eigenvalue weighted by Gasteiger charge is -2.32. The molecule has 3 aromatic rings. The van der Waals surface area contributed by atoms with Gasteiger partial charge in [0.05, 0.1) is 11.6 Å². The molecule has 2 N–H and O–H groups in total. The average molecular weight is 452 g/mol. The summed E-state index contributed by atoms with van der Waals surface area (Å²) < 4.78 is 89.5. The van der Waals surface area contributed by atoms with Crippen molar-refractivity contribution >= 4 is 10.8 Å². The molecule has 166 valence electrons. The third-order valence-corrected chi connectivity index (χ3v) is 5.13. The molecule has 1 heterocycles. The van der Waals surface area contributed by atoms with Crippen LogP contribution in [0.15, 0.2) is 36.4 Å². The predicted molar refractivity (Wildman–Crippen MR) is 102 cm³/mol. The minimum Gasteiger partial charge on any atom is -0.484 e. The van der Waals surface area contributed by atoms with Crippen molar-refractivity contribution in [1.82, 2.24) is 0 Å². The van der Waals surface area contributed by atoms with E-state index in [0.29, 0.717) is 28.5 Å². The van der Waals surface area contributed by atoms with Crippen molar-refractivity contribution in [2.45, 2.75) is 24.7 Å². The van der Waals surface area contributed by atoms with Crippen LogP contribution < -0.4 is 15.2 Å². The molecule has 0 aliphatic carbocycles. The zero-order valence-electron chi connectivity index (χ0n) is 16.1. The number of hydrogen-bond acceptors (Lipinski definition) is 4. The van der Waals surface area contributed by atoms with E-state index in [2.05, 4.69) is 0 Å². The Balaban J connectivity index is 1.76. The smallest absolute Gasteiger partial charge is 0.422 e. The maximum Gasteiger partial charge on any atom is 0.422 e. The van der Waals surface area contributed by atoms with Crippen LogP contribution in [0.5, 0.6) is 11.5 Å². The van der Waals surface area contributed by atoms with Gasteiger partial charge in [-0.15, -0.1) is 0 Å². The van der Waals surface area contributed by atoms with Gasteiger partial charge in [0, 0.05) is 17.2 Å². The molecule has 1 aliphatic rings. The lowest BCUT2D eigenvalue weighted by molar-refractivity contribution is -0.153. The molecule has 0 saturated carbocycles. The maximum absolute atomic E-state index is 14.3. The van der Waals surface area contributed by atoms with E-state index < -0.39 is 42.4 Å². The van der Waals surface area contributed by atoms with E-state index in [1.165, 1.54) is 18.2 Å². The molecule has 4 rings (SSSR count). The van der Waals surface area contributed by atoms with Crippen molar-refractivity contribution in [2.24, 2.45) is 5.73 Å². The summed E-state index contributed by atoms with van der Waals surface area (Å²) in [4.78, 5) is 0. The molecule has 0 saturated heterocycles. The summed E-state index contributed by atoms with van der Waals surface area (Å²) in [6.07, 6.45) is -5.61. The van der Waals surface area contributed by atoms with Gasteiger partial charge in [0.2, 0.25) is 0 Å². The maximum atomic E-state index is 14.3. The fraction of sp³-hybridized carbons (Fsp3) is 0.227. The highest BCUT2D eigenvalue weighted by atomic mass is 19.4. The summed E-state index contributed by atoms with van der Waals surface area (Å²) in [6, 6.07) is 7.80. The van der Waals surface area contributed by atoms with Gasteiger partial charge >= 0.3 is 6.18 Å². The van der Waals surface area contributed by atoms with Crippen LogP contribution in [-0.2, 0) is 6.42 Å². The molecule has 10 heteroatoms. The Kier molecular flexibility index (Phi) is 5.38. The highest BCUT2D eigenvalue weighted by Crippen LogP contribution is 2.41. The lowest BCUT2D eigenvalue weighted by atomic mass is 9.89. The number of nitrogens with zero attached hydrogens (tertiary/aromatic N) is 1. The van der Waals surface area contributed by atoms with E-state index in [1.807, 2.05) is 0 Å². The van der Waals surface area contributed by atoms with Crippen LogP contribution in [0.3, 0.4) is 0 Å². The largest absolute Gasteiger partial charge is 0.484 e. The van der Waals surface area contributed by atoms with Gasteiger partial charge in [-0.05, 0) is 41.5 Å². The summed E-state index contributed by atoms with van der Waals surface area (Å²) in [5.74, 6) is -3.62. The van der Waals surface area contributed by atoms with E-state index in [0.717, 1.165) is 0 Å². The summed E-state index contributed by atoms with van der Waals surface area (Å²) in [7, 11) is 0. The summed E-state index contributed by atoms with van der Waals surface area (Å²) >= 11 is 0. The molecule has 4 nitrogen and oxygen atoms in total. The Morgan fingerprint density at radius 1 is 1.06 bits per heavy atom. The fourth-order valence-corrected chi connectivity index (χ4v) is 3.70. The van der Waals surface area contributed by atoms with E-state index in [9.17, 15) is 31.6 Å². The zero-order chi connectivity index (χ0) is 23.2. The van der Waals surface area contributed by atoms with Crippen LogP contribution >= 0.6 is 0 Å². The Bertz CT molecular complexity index is 1250. The molecular weight excluding hydrogens is 438 g/mol. The van der Waals surface area contributed by atoms with Gasteiger partial charge in [0.25, 0.3) is 0 Å². The van der Waals surface area contributed by atoms with Gasteiger partial charge in [-0.2, -0.15) is 18.4 Å². The predicted octanol–water partition coefficient (Wildman–Crippen LogP) is 5.07. The van der Waals surface area contributed by atoms with Crippen LogP contribution in [-0.4, -0.2) is 18.8 Å². The first-order chi connectivity index (χ1) is 15.1.